The fraction of sp³-hybridized carbons (Fsp3) is 0.294. The minimum Gasteiger partial charge on any atom is -0.486 e. The molecule has 1 unspecified atom stereocenters. The molecule has 0 fully saturated rings. The quantitative estimate of drug-likeness (QED) is 0.896. The van der Waals surface area contributed by atoms with Crippen LogP contribution < -0.4 is 15.2 Å². The molecule has 1 atom stereocenters. The van der Waals surface area contributed by atoms with Crippen molar-refractivity contribution in [2.45, 2.75) is 19.9 Å². The molecule has 3 nitrogen and oxygen atoms in total. The molecule has 0 amide bonds. The van der Waals surface area contributed by atoms with Gasteiger partial charge >= 0.3 is 0 Å². The average molecular weight is 348 g/mol. The molecule has 2 aromatic rings. The van der Waals surface area contributed by atoms with Crippen LogP contribution in [0.4, 0.5) is 0 Å². The van der Waals surface area contributed by atoms with Crippen molar-refractivity contribution < 1.29 is 9.47 Å². The first-order valence-corrected chi connectivity index (χ1v) is 7.78. The Bertz CT molecular complexity index is 664. The molecule has 2 N–H and O–H groups in total. The third-order valence-electron chi connectivity index (χ3n) is 3.85. The zero-order chi connectivity index (χ0) is 15.0. The molecule has 0 spiro atoms. The number of fused-ring (bicyclic) bond motifs is 1. The standard InChI is InChI=1S/C17H18BrNO2/c1-10-4-3-5-11(2)16(10)17(19)12-8-14-15(9-13(12)18)21-7-6-20-14/h3-5,8-9,17H,6-7,19H2,1-2H3. The van der Waals surface area contributed by atoms with Gasteiger partial charge in [0.1, 0.15) is 13.2 Å². The molecule has 1 aliphatic rings. The van der Waals surface area contributed by atoms with Crippen molar-refractivity contribution in [3.05, 3.63) is 57.1 Å². The maximum Gasteiger partial charge on any atom is 0.162 e. The van der Waals surface area contributed by atoms with E-state index < -0.39 is 0 Å². The first-order valence-electron chi connectivity index (χ1n) is 6.98. The van der Waals surface area contributed by atoms with E-state index in [1.54, 1.807) is 0 Å². The summed E-state index contributed by atoms with van der Waals surface area (Å²) in [4.78, 5) is 0. The Morgan fingerprint density at radius 1 is 1.05 bits per heavy atom. The second-order valence-electron chi connectivity index (χ2n) is 5.30. The third kappa shape index (κ3) is 2.65. The summed E-state index contributed by atoms with van der Waals surface area (Å²) in [5, 5.41) is 0. The highest BCUT2D eigenvalue weighted by atomic mass is 79.9. The fourth-order valence-corrected chi connectivity index (χ4v) is 3.36. The number of halogens is 1. The van der Waals surface area contributed by atoms with Gasteiger partial charge in [0.05, 0.1) is 6.04 Å². The van der Waals surface area contributed by atoms with Gasteiger partial charge in [-0.25, -0.2) is 0 Å². The minimum absolute atomic E-state index is 0.198. The molecule has 0 aromatic heterocycles. The Hall–Kier alpha value is -1.52. The van der Waals surface area contributed by atoms with Crippen molar-refractivity contribution in [3.63, 3.8) is 0 Å². The van der Waals surface area contributed by atoms with Crippen molar-refractivity contribution in [2.75, 3.05) is 13.2 Å². The van der Waals surface area contributed by atoms with Crippen molar-refractivity contribution >= 4 is 15.9 Å². The van der Waals surface area contributed by atoms with Gasteiger partial charge in [0.2, 0.25) is 0 Å². The largest absolute Gasteiger partial charge is 0.486 e. The van der Waals surface area contributed by atoms with Crippen molar-refractivity contribution in [3.8, 4) is 11.5 Å². The number of nitrogens with two attached hydrogens (primary N) is 1. The number of hydrogen-bond acceptors (Lipinski definition) is 3. The Kier molecular flexibility index (Phi) is 3.91. The van der Waals surface area contributed by atoms with E-state index in [0.717, 1.165) is 27.1 Å². The summed E-state index contributed by atoms with van der Waals surface area (Å²) < 4.78 is 12.2. The second kappa shape index (κ2) is 5.70. The van der Waals surface area contributed by atoms with Gasteiger partial charge in [-0.3, -0.25) is 0 Å². The molecular formula is C17H18BrNO2. The van der Waals surface area contributed by atoms with Gasteiger partial charge in [0.15, 0.2) is 11.5 Å². The summed E-state index contributed by atoms with van der Waals surface area (Å²) in [7, 11) is 0. The van der Waals surface area contributed by atoms with Gasteiger partial charge in [-0.05, 0) is 48.2 Å². The monoisotopic (exact) mass is 347 g/mol. The van der Waals surface area contributed by atoms with E-state index in [0.29, 0.717) is 13.2 Å². The number of aryl methyl sites for hydroxylation is 2. The molecule has 0 aliphatic carbocycles. The second-order valence-corrected chi connectivity index (χ2v) is 6.15. The van der Waals surface area contributed by atoms with Crippen molar-refractivity contribution in [1.29, 1.82) is 0 Å². The summed E-state index contributed by atoms with van der Waals surface area (Å²) in [5.74, 6) is 1.53. The SMILES string of the molecule is Cc1cccc(C)c1C(N)c1cc2c(cc1Br)OCCO2. The molecule has 21 heavy (non-hydrogen) atoms. The molecule has 4 heteroatoms. The molecule has 0 saturated heterocycles. The van der Waals surface area contributed by atoms with E-state index in [1.807, 2.05) is 12.1 Å². The maximum absolute atomic E-state index is 6.53. The van der Waals surface area contributed by atoms with E-state index in [9.17, 15) is 0 Å². The van der Waals surface area contributed by atoms with Crippen LogP contribution in [0.5, 0.6) is 11.5 Å². The van der Waals surface area contributed by atoms with Crippen LogP contribution in [-0.2, 0) is 0 Å². The number of ether oxygens (including phenoxy) is 2. The van der Waals surface area contributed by atoms with Crippen LogP contribution in [0.15, 0.2) is 34.8 Å². The number of benzene rings is 2. The number of rotatable bonds is 2. The summed E-state index contributed by atoms with van der Waals surface area (Å²) in [6, 6.07) is 9.96. The molecule has 110 valence electrons. The van der Waals surface area contributed by atoms with Gasteiger partial charge in [-0.15, -0.1) is 0 Å². The Morgan fingerprint density at radius 2 is 1.62 bits per heavy atom. The molecule has 1 heterocycles. The summed E-state index contributed by atoms with van der Waals surface area (Å²) in [6.07, 6.45) is 0. The van der Waals surface area contributed by atoms with Crippen LogP contribution >= 0.6 is 15.9 Å². The molecule has 3 rings (SSSR count). The van der Waals surface area contributed by atoms with E-state index in [-0.39, 0.29) is 6.04 Å². The molecule has 1 aliphatic heterocycles. The maximum atomic E-state index is 6.53. The lowest BCUT2D eigenvalue weighted by Crippen LogP contribution is -2.18. The molecule has 0 bridgehead atoms. The molecule has 0 saturated carbocycles. The van der Waals surface area contributed by atoms with E-state index in [1.165, 1.54) is 11.1 Å². The zero-order valence-corrected chi connectivity index (χ0v) is 13.7. The molecular weight excluding hydrogens is 330 g/mol. The van der Waals surface area contributed by atoms with E-state index in [4.69, 9.17) is 15.2 Å². The fourth-order valence-electron chi connectivity index (χ4n) is 2.79. The summed E-state index contributed by atoms with van der Waals surface area (Å²) >= 11 is 3.61. The highest BCUT2D eigenvalue weighted by Crippen LogP contribution is 2.39. The van der Waals surface area contributed by atoms with Crippen LogP contribution in [-0.4, -0.2) is 13.2 Å². The highest BCUT2D eigenvalue weighted by molar-refractivity contribution is 9.10. The van der Waals surface area contributed by atoms with E-state index >= 15 is 0 Å². The third-order valence-corrected chi connectivity index (χ3v) is 4.54. The Balaban J connectivity index is 2.07. The highest BCUT2D eigenvalue weighted by Gasteiger charge is 2.21. The lowest BCUT2D eigenvalue weighted by atomic mass is 9.92. The summed E-state index contributed by atoms with van der Waals surface area (Å²) in [5.41, 5.74) is 11.1. The van der Waals surface area contributed by atoms with Crippen molar-refractivity contribution in [1.82, 2.24) is 0 Å². The van der Waals surface area contributed by atoms with Gasteiger partial charge in [0, 0.05) is 4.47 Å². The molecule has 2 aromatic carbocycles. The van der Waals surface area contributed by atoms with Crippen LogP contribution in [0.2, 0.25) is 0 Å². The average Bonchev–Trinajstić information content (AvgIpc) is 2.46. The smallest absolute Gasteiger partial charge is 0.162 e. The van der Waals surface area contributed by atoms with Gasteiger partial charge in [0.25, 0.3) is 0 Å². The topological polar surface area (TPSA) is 44.5 Å². The Morgan fingerprint density at radius 3 is 2.24 bits per heavy atom. The predicted octanol–water partition coefficient (Wildman–Crippen LogP) is 3.89. The van der Waals surface area contributed by atoms with Crippen LogP contribution in [0, 0.1) is 13.8 Å². The van der Waals surface area contributed by atoms with E-state index in [2.05, 4.69) is 48.0 Å². The first kappa shape index (κ1) is 14.4. The zero-order valence-electron chi connectivity index (χ0n) is 12.2. The van der Waals surface area contributed by atoms with Gasteiger partial charge in [-0.2, -0.15) is 0 Å². The predicted molar refractivity (Wildman–Crippen MR) is 87.1 cm³/mol. The summed E-state index contributed by atoms with van der Waals surface area (Å²) in [6.45, 7) is 5.34. The normalized spacial score (nSPS) is 14.9. The molecule has 0 radical (unpaired) electrons. The van der Waals surface area contributed by atoms with Crippen LogP contribution in [0.3, 0.4) is 0 Å². The van der Waals surface area contributed by atoms with Crippen LogP contribution in [0.1, 0.15) is 28.3 Å². The van der Waals surface area contributed by atoms with Gasteiger partial charge in [-0.1, -0.05) is 34.1 Å². The van der Waals surface area contributed by atoms with Crippen LogP contribution in [0.25, 0.3) is 0 Å². The minimum atomic E-state index is -0.198. The van der Waals surface area contributed by atoms with Crippen molar-refractivity contribution in [2.24, 2.45) is 5.73 Å². The van der Waals surface area contributed by atoms with Gasteiger partial charge < -0.3 is 15.2 Å². The number of hydrogen-bond donors (Lipinski definition) is 1. The first-order chi connectivity index (χ1) is 10.1. The lowest BCUT2D eigenvalue weighted by molar-refractivity contribution is 0.171. The lowest BCUT2D eigenvalue weighted by Gasteiger charge is -2.23. The Labute approximate surface area is 133 Å².